The van der Waals surface area contributed by atoms with Gasteiger partial charge in [0.1, 0.15) is 6.33 Å². The molecule has 0 bridgehead atoms. The fraction of sp³-hybridized carbons (Fsp3) is 0.176. The normalized spacial score (nSPS) is 12.5. The van der Waals surface area contributed by atoms with Gasteiger partial charge in [0, 0.05) is 11.8 Å². The van der Waals surface area contributed by atoms with Crippen LogP contribution in [0.4, 0.5) is 0 Å². The van der Waals surface area contributed by atoms with Crippen molar-refractivity contribution in [2.24, 2.45) is 0 Å². The number of carbonyl (C=O) groups is 1. The number of nitrogens with zero attached hydrogens (tertiary/aromatic N) is 4. The quantitative estimate of drug-likeness (QED) is 0.729. The maximum absolute atomic E-state index is 12.5. The van der Waals surface area contributed by atoms with Crippen molar-refractivity contribution in [3.05, 3.63) is 66.0 Å². The highest BCUT2D eigenvalue weighted by molar-refractivity contribution is 7.90. The van der Waals surface area contributed by atoms with Gasteiger partial charge in [-0.3, -0.25) is 4.79 Å². The minimum Gasteiger partial charge on any atom is -0.346 e. The number of aromatic nitrogens is 4. The summed E-state index contributed by atoms with van der Waals surface area (Å²) in [5.74, 6) is -0.250. The van der Waals surface area contributed by atoms with Crippen molar-refractivity contribution >= 4 is 15.7 Å². The first-order chi connectivity index (χ1) is 12.3. The Morgan fingerprint density at radius 2 is 1.88 bits per heavy atom. The Labute approximate surface area is 150 Å². The third kappa shape index (κ3) is 3.94. The maximum Gasteiger partial charge on any atom is 0.251 e. The van der Waals surface area contributed by atoms with Crippen LogP contribution in [0.25, 0.3) is 5.69 Å². The van der Waals surface area contributed by atoms with Gasteiger partial charge in [-0.1, -0.05) is 18.2 Å². The molecular formula is C17H17N5O3S. The molecule has 0 radical (unpaired) electrons. The molecule has 0 spiro atoms. The van der Waals surface area contributed by atoms with E-state index in [1.807, 2.05) is 6.92 Å². The first-order valence-electron chi connectivity index (χ1n) is 7.79. The minimum atomic E-state index is -3.24. The molecule has 26 heavy (non-hydrogen) atoms. The predicted molar refractivity (Wildman–Crippen MR) is 94.6 cm³/mol. The molecule has 0 aliphatic carbocycles. The SMILES string of the molecule is C[C@@H](NC(=O)c1cccc(-n2cnnn2)c1)c1ccc(S(C)(=O)=O)cc1. The van der Waals surface area contributed by atoms with Crippen molar-refractivity contribution in [3.8, 4) is 5.69 Å². The van der Waals surface area contributed by atoms with Crippen LogP contribution < -0.4 is 5.32 Å². The first kappa shape index (κ1) is 17.7. The fourth-order valence-corrected chi connectivity index (χ4v) is 3.07. The van der Waals surface area contributed by atoms with Crippen molar-refractivity contribution in [1.29, 1.82) is 0 Å². The van der Waals surface area contributed by atoms with Gasteiger partial charge in [0.15, 0.2) is 9.84 Å². The van der Waals surface area contributed by atoms with Crippen LogP contribution in [0.1, 0.15) is 28.9 Å². The average Bonchev–Trinajstić information content (AvgIpc) is 3.16. The molecule has 0 saturated carbocycles. The van der Waals surface area contributed by atoms with Crippen LogP contribution in [0.3, 0.4) is 0 Å². The Morgan fingerprint density at radius 1 is 1.15 bits per heavy atom. The van der Waals surface area contributed by atoms with E-state index in [2.05, 4.69) is 20.8 Å². The molecule has 0 fully saturated rings. The van der Waals surface area contributed by atoms with Crippen LogP contribution in [0.2, 0.25) is 0 Å². The number of hydrogen-bond donors (Lipinski definition) is 1. The summed E-state index contributed by atoms with van der Waals surface area (Å²) in [6.45, 7) is 1.83. The van der Waals surface area contributed by atoms with Crippen molar-refractivity contribution in [2.45, 2.75) is 17.9 Å². The summed E-state index contributed by atoms with van der Waals surface area (Å²) in [6, 6.07) is 13.1. The summed E-state index contributed by atoms with van der Waals surface area (Å²) in [5.41, 5.74) is 1.95. The predicted octanol–water partition coefficient (Wildman–Crippen LogP) is 1.56. The second-order valence-electron chi connectivity index (χ2n) is 5.84. The molecule has 1 N–H and O–H groups in total. The van der Waals surface area contributed by atoms with Gasteiger partial charge >= 0.3 is 0 Å². The number of rotatable bonds is 5. The van der Waals surface area contributed by atoms with Crippen LogP contribution in [0.5, 0.6) is 0 Å². The lowest BCUT2D eigenvalue weighted by atomic mass is 10.1. The van der Waals surface area contributed by atoms with E-state index in [0.717, 1.165) is 11.8 Å². The number of nitrogens with one attached hydrogen (secondary N) is 1. The van der Waals surface area contributed by atoms with Gasteiger partial charge in [-0.15, -0.1) is 5.10 Å². The smallest absolute Gasteiger partial charge is 0.251 e. The number of tetrazole rings is 1. The van der Waals surface area contributed by atoms with Crippen molar-refractivity contribution in [1.82, 2.24) is 25.5 Å². The summed E-state index contributed by atoms with van der Waals surface area (Å²) in [6.07, 6.45) is 2.60. The largest absolute Gasteiger partial charge is 0.346 e. The molecule has 1 aromatic heterocycles. The second kappa shape index (κ2) is 7.04. The molecule has 0 aliphatic heterocycles. The van der Waals surface area contributed by atoms with Crippen molar-refractivity contribution < 1.29 is 13.2 Å². The zero-order chi connectivity index (χ0) is 18.7. The summed E-state index contributed by atoms with van der Waals surface area (Å²) < 4.78 is 24.5. The van der Waals surface area contributed by atoms with Gasteiger partial charge in [0.25, 0.3) is 5.91 Å². The average molecular weight is 371 g/mol. The van der Waals surface area contributed by atoms with Crippen LogP contribution >= 0.6 is 0 Å². The van der Waals surface area contributed by atoms with Gasteiger partial charge in [-0.2, -0.15) is 0 Å². The zero-order valence-electron chi connectivity index (χ0n) is 14.2. The van der Waals surface area contributed by atoms with E-state index in [1.165, 1.54) is 23.1 Å². The molecule has 0 aliphatic rings. The van der Waals surface area contributed by atoms with Gasteiger partial charge < -0.3 is 5.32 Å². The number of sulfone groups is 1. The molecule has 8 nitrogen and oxygen atoms in total. The van der Waals surface area contributed by atoms with Crippen LogP contribution in [0, 0.1) is 0 Å². The molecule has 1 amide bonds. The molecule has 3 aromatic rings. The van der Waals surface area contributed by atoms with E-state index in [0.29, 0.717) is 11.3 Å². The molecule has 0 unspecified atom stereocenters. The molecule has 3 rings (SSSR count). The van der Waals surface area contributed by atoms with Gasteiger partial charge in [0.2, 0.25) is 0 Å². The molecule has 1 atom stereocenters. The lowest BCUT2D eigenvalue weighted by molar-refractivity contribution is 0.0940. The molecule has 0 saturated heterocycles. The van der Waals surface area contributed by atoms with Crippen LogP contribution in [-0.2, 0) is 9.84 Å². The standard InChI is InChI=1S/C17H17N5O3S/c1-12(13-6-8-16(9-7-13)26(2,24)25)19-17(23)14-4-3-5-15(10-14)22-11-18-20-21-22/h3-12H,1-2H3,(H,19,23)/t12-/m1/s1. The molecule has 134 valence electrons. The number of benzene rings is 2. The lowest BCUT2D eigenvalue weighted by Crippen LogP contribution is -2.26. The van der Waals surface area contributed by atoms with Crippen molar-refractivity contribution in [2.75, 3.05) is 6.26 Å². The van der Waals surface area contributed by atoms with Gasteiger partial charge in [-0.05, 0) is 53.2 Å². The number of hydrogen-bond acceptors (Lipinski definition) is 6. The zero-order valence-corrected chi connectivity index (χ0v) is 15.0. The molecule has 2 aromatic carbocycles. The fourth-order valence-electron chi connectivity index (χ4n) is 2.44. The summed E-state index contributed by atoms with van der Waals surface area (Å²) >= 11 is 0. The Hall–Kier alpha value is -3.07. The highest BCUT2D eigenvalue weighted by Gasteiger charge is 2.14. The minimum absolute atomic E-state index is 0.244. The first-order valence-corrected chi connectivity index (χ1v) is 9.68. The Kier molecular flexibility index (Phi) is 4.81. The molecule has 1 heterocycles. The highest BCUT2D eigenvalue weighted by Crippen LogP contribution is 2.17. The maximum atomic E-state index is 12.5. The van der Waals surface area contributed by atoms with E-state index in [1.54, 1.807) is 36.4 Å². The third-order valence-corrected chi connectivity index (χ3v) is 5.01. The Bertz CT molecular complexity index is 1010. The van der Waals surface area contributed by atoms with Gasteiger partial charge in [-0.25, -0.2) is 13.1 Å². The summed E-state index contributed by atoms with van der Waals surface area (Å²) in [7, 11) is -3.24. The summed E-state index contributed by atoms with van der Waals surface area (Å²) in [4.78, 5) is 12.8. The summed E-state index contributed by atoms with van der Waals surface area (Å²) in [5, 5.41) is 13.8. The third-order valence-electron chi connectivity index (χ3n) is 3.88. The number of amides is 1. The van der Waals surface area contributed by atoms with E-state index in [-0.39, 0.29) is 16.8 Å². The van der Waals surface area contributed by atoms with Crippen molar-refractivity contribution in [3.63, 3.8) is 0 Å². The van der Waals surface area contributed by atoms with E-state index >= 15 is 0 Å². The highest BCUT2D eigenvalue weighted by atomic mass is 32.2. The van der Waals surface area contributed by atoms with E-state index < -0.39 is 9.84 Å². The molecule has 9 heteroatoms. The van der Waals surface area contributed by atoms with Gasteiger partial charge in [0.05, 0.1) is 16.6 Å². The Balaban J connectivity index is 1.74. The van der Waals surface area contributed by atoms with E-state index in [4.69, 9.17) is 0 Å². The molecular weight excluding hydrogens is 354 g/mol. The lowest BCUT2D eigenvalue weighted by Gasteiger charge is -2.15. The van der Waals surface area contributed by atoms with E-state index in [9.17, 15) is 13.2 Å². The Morgan fingerprint density at radius 3 is 2.50 bits per heavy atom. The topological polar surface area (TPSA) is 107 Å². The van der Waals surface area contributed by atoms with Crippen LogP contribution in [0.15, 0.2) is 59.8 Å². The number of carbonyl (C=O) groups excluding carboxylic acids is 1. The van der Waals surface area contributed by atoms with Crippen LogP contribution in [-0.4, -0.2) is 40.8 Å². The second-order valence-corrected chi connectivity index (χ2v) is 7.86. The monoisotopic (exact) mass is 371 g/mol.